The highest BCUT2D eigenvalue weighted by atomic mass is 16.2. The van der Waals surface area contributed by atoms with Crippen molar-refractivity contribution in [3.63, 3.8) is 0 Å². The van der Waals surface area contributed by atoms with E-state index in [1.54, 1.807) is 4.90 Å². The zero-order valence-corrected chi connectivity index (χ0v) is 11.5. The Morgan fingerprint density at radius 2 is 1.89 bits per heavy atom. The fraction of sp³-hybridized carbons (Fsp3) is 0.833. The summed E-state index contributed by atoms with van der Waals surface area (Å²) in [5, 5.41) is 2.63. The molecular formula is C12H25N5O2. The first-order chi connectivity index (χ1) is 8.93. The summed E-state index contributed by atoms with van der Waals surface area (Å²) in [5.41, 5.74) is 17.4. The molecule has 0 bridgehead atoms. The number of nitrogens with one attached hydrogen (secondary N) is 1. The number of hydrogen-bond donors (Lipinski definition) is 4. The highest BCUT2D eigenvalue weighted by molar-refractivity contribution is 5.83. The van der Waals surface area contributed by atoms with Gasteiger partial charge < -0.3 is 27.4 Å². The number of carbonyl (C=O) groups excluding carboxylic acids is 2. The molecule has 7 heteroatoms. The molecule has 7 nitrogen and oxygen atoms in total. The van der Waals surface area contributed by atoms with Crippen molar-refractivity contribution >= 4 is 11.8 Å². The standard InChI is InChI=1S/C12H25N5O2/c1-2-16-12(19)10(15)3-4-11(18)17-6-8(13)5-9(14)7-17/h8-10H,2-7,13-15H2,1H3,(H,16,19). The van der Waals surface area contributed by atoms with Crippen LogP contribution in [0.25, 0.3) is 0 Å². The Hall–Kier alpha value is -1.18. The van der Waals surface area contributed by atoms with E-state index in [4.69, 9.17) is 17.2 Å². The molecule has 1 aliphatic rings. The van der Waals surface area contributed by atoms with Gasteiger partial charge in [0.05, 0.1) is 6.04 Å². The molecular weight excluding hydrogens is 246 g/mol. The van der Waals surface area contributed by atoms with Crippen LogP contribution in [0.15, 0.2) is 0 Å². The Labute approximate surface area is 113 Å². The third-order valence-electron chi connectivity index (χ3n) is 3.22. The molecule has 0 aromatic carbocycles. The highest BCUT2D eigenvalue weighted by Gasteiger charge is 2.26. The first-order valence-electron chi connectivity index (χ1n) is 6.76. The Kier molecular flexibility index (Phi) is 6.20. The van der Waals surface area contributed by atoms with E-state index in [1.165, 1.54) is 0 Å². The molecule has 0 aromatic heterocycles. The van der Waals surface area contributed by atoms with Crippen molar-refractivity contribution in [2.75, 3.05) is 19.6 Å². The number of likely N-dealkylation sites (tertiary alicyclic amines) is 1. The van der Waals surface area contributed by atoms with Gasteiger partial charge in [-0.25, -0.2) is 0 Å². The molecule has 0 saturated carbocycles. The van der Waals surface area contributed by atoms with Gasteiger partial charge in [-0.1, -0.05) is 0 Å². The highest BCUT2D eigenvalue weighted by Crippen LogP contribution is 2.10. The molecule has 1 rings (SSSR count). The van der Waals surface area contributed by atoms with Crippen molar-refractivity contribution in [3.05, 3.63) is 0 Å². The predicted octanol–water partition coefficient (Wildman–Crippen LogP) is -1.88. The van der Waals surface area contributed by atoms with Crippen molar-refractivity contribution in [2.45, 2.75) is 44.3 Å². The lowest BCUT2D eigenvalue weighted by molar-refractivity contribution is -0.133. The molecule has 7 N–H and O–H groups in total. The van der Waals surface area contributed by atoms with Gasteiger partial charge >= 0.3 is 0 Å². The summed E-state index contributed by atoms with van der Waals surface area (Å²) < 4.78 is 0. The van der Waals surface area contributed by atoms with Crippen LogP contribution < -0.4 is 22.5 Å². The second-order valence-electron chi connectivity index (χ2n) is 5.09. The number of amides is 2. The van der Waals surface area contributed by atoms with E-state index in [0.29, 0.717) is 26.1 Å². The molecule has 0 aliphatic carbocycles. The molecule has 1 saturated heterocycles. The Bertz CT molecular complexity index is 313. The van der Waals surface area contributed by atoms with Gasteiger partial charge in [0.25, 0.3) is 0 Å². The van der Waals surface area contributed by atoms with Crippen LogP contribution in [-0.2, 0) is 9.59 Å². The largest absolute Gasteiger partial charge is 0.355 e. The summed E-state index contributed by atoms with van der Waals surface area (Å²) in [7, 11) is 0. The minimum atomic E-state index is -0.643. The maximum atomic E-state index is 12.0. The molecule has 19 heavy (non-hydrogen) atoms. The third-order valence-corrected chi connectivity index (χ3v) is 3.22. The topological polar surface area (TPSA) is 127 Å². The van der Waals surface area contributed by atoms with Crippen LogP contribution in [-0.4, -0.2) is 54.5 Å². The van der Waals surface area contributed by atoms with Crippen molar-refractivity contribution in [1.82, 2.24) is 10.2 Å². The molecule has 1 heterocycles. The number of hydrogen-bond acceptors (Lipinski definition) is 5. The molecule has 0 radical (unpaired) electrons. The Morgan fingerprint density at radius 1 is 1.32 bits per heavy atom. The quantitative estimate of drug-likeness (QED) is 0.465. The van der Waals surface area contributed by atoms with Crippen LogP contribution in [0.2, 0.25) is 0 Å². The van der Waals surface area contributed by atoms with E-state index in [-0.39, 0.29) is 30.3 Å². The van der Waals surface area contributed by atoms with Crippen molar-refractivity contribution in [1.29, 1.82) is 0 Å². The SMILES string of the molecule is CCNC(=O)C(N)CCC(=O)N1CC(N)CC(N)C1. The number of nitrogens with zero attached hydrogens (tertiary/aromatic N) is 1. The number of carbonyl (C=O) groups is 2. The Morgan fingerprint density at radius 3 is 2.42 bits per heavy atom. The van der Waals surface area contributed by atoms with Crippen molar-refractivity contribution in [2.24, 2.45) is 17.2 Å². The number of rotatable bonds is 5. The van der Waals surface area contributed by atoms with Gasteiger partial charge in [-0.2, -0.15) is 0 Å². The molecule has 1 aliphatic heterocycles. The second-order valence-corrected chi connectivity index (χ2v) is 5.09. The van der Waals surface area contributed by atoms with Crippen LogP contribution >= 0.6 is 0 Å². The van der Waals surface area contributed by atoms with Crippen molar-refractivity contribution < 1.29 is 9.59 Å². The average molecular weight is 271 g/mol. The zero-order valence-electron chi connectivity index (χ0n) is 11.5. The lowest BCUT2D eigenvalue weighted by Crippen LogP contribution is -2.54. The van der Waals surface area contributed by atoms with E-state index in [9.17, 15) is 9.59 Å². The van der Waals surface area contributed by atoms with Gasteiger partial charge in [0, 0.05) is 38.1 Å². The second kappa shape index (κ2) is 7.42. The summed E-state index contributed by atoms with van der Waals surface area (Å²) in [6, 6.07) is -0.773. The lowest BCUT2D eigenvalue weighted by Gasteiger charge is -2.34. The summed E-state index contributed by atoms with van der Waals surface area (Å²) in [4.78, 5) is 25.1. The van der Waals surface area contributed by atoms with E-state index >= 15 is 0 Å². The molecule has 3 unspecified atom stereocenters. The van der Waals surface area contributed by atoms with Gasteiger partial charge in [0.15, 0.2) is 0 Å². The first-order valence-corrected chi connectivity index (χ1v) is 6.76. The van der Waals surface area contributed by atoms with Crippen LogP contribution in [0.5, 0.6) is 0 Å². The van der Waals surface area contributed by atoms with Crippen molar-refractivity contribution in [3.8, 4) is 0 Å². The van der Waals surface area contributed by atoms with E-state index in [1.807, 2.05) is 6.92 Å². The number of likely N-dealkylation sites (N-methyl/N-ethyl adjacent to an activating group) is 1. The number of nitrogens with two attached hydrogens (primary N) is 3. The van der Waals surface area contributed by atoms with E-state index in [0.717, 1.165) is 6.42 Å². The van der Waals surface area contributed by atoms with E-state index < -0.39 is 6.04 Å². The summed E-state index contributed by atoms with van der Waals surface area (Å²) in [5.74, 6) is -0.257. The van der Waals surface area contributed by atoms with Gasteiger partial charge in [0.1, 0.15) is 0 Å². The average Bonchev–Trinajstić information content (AvgIpc) is 2.34. The third kappa shape index (κ3) is 5.14. The fourth-order valence-corrected chi connectivity index (χ4v) is 2.26. The lowest BCUT2D eigenvalue weighted by atomic mass is 10.0. The minimum absolute atomic E-state index is 0.0367. The zero-order chi connectivity index (χ0) is 14.4. The normalized spacial score (nSPS) is 24.9. The molecule has 0 aromatic rings. The molecule has 110 valence electrons. The minimum Gasteiger partial charge on any atom is -0.355 e. The van der Waals surface area contributed by atoms with Crippen LogP contribution in [0, 0.1) is 0 Å². The maximum Gasteiger partial charge on any atom is 0.236 e. The predicted molar refractivity (Wildman–Crippen MR) is 73.0 cm³/mol. The molecule has 3 atom stereocenters. The van der Waals surface area contributed by atoms with E-state index in [2.05, 4.69) is 5.32 Å². The maximum absolute atomic E-state index is 12.0. The summed E-state index contributed by atoms with van der Waals surface area (Å²) in [6.45, 7) is 3.43. The van der Waals surface area contributed by atoms with Gasteiger partial charge in [-0.15, -0.1) is 0 Å². The smallest absolute Gasteiger partial charge is 0.236 e. The Balaban J connectivity index is 2.36. The first kappa shape index (κ1) is 15.9. The van der Waals surface area contributed by atoms with Crippen LogP contribution in [0.3, 0.4) is 0 Å². The molecule has 1 fully saturated rings. The molecule has 0 spiro atoms. The van der Waals surface area contributed by atoms with Crippen LogP contribution in [0.1, 0.15) is 26.2 Å². The number of piperidine rings is 1. The summed E-state index contributed by atoms with van der Waals surface area (Å²) in [6.07, 6.45) is 1.32. The molecule has 2 amide bonds. The monoisotopic (exact) mass is 271 g/mol. The van der Waals surface area contributed by atoms with Crippen LogP contribution in [0.4, 0.5) is 0 Å². The van der Waals surface area contributed by atoms with Gasteiger partial charge in [-0.05, 0) is 19.8 Å². The van der Waals surface area contributed by atoms with Gasteiger partial charge in [-0.3, -0.25) is 9.59 Å². The fourth-order valence-electron chi connectivity index (χ4n) is 2.26. The summed E-state index contributed by atoms with van der Waals surface area (Å²) >= 11 is 0. The van der Waals surface area contributed by atoms with Gasteiger partial charge in [0.2, 0.25) is 11.8 Å².